The molecule has 0 spiro atoms. The summed E-state index contributed by atoms with van der Waals surface area (Å²) in [5.74, 6) is 0.791. The van der Waals surface area contributed by atoms with E-state index in [4.69, 9.17) is 16.3 Å². The molecule has 0 aliphatic carbocycles. The van der Waals surface area contributed by atoms with Gasteiger partial charge in [-0.15, -0.1) is 0 Å². The number of rotatable bonds is 3. The van der Waals surface area contributed by atoms with Crippen molar-refractivity contribution in [2.24, 2.45) is 0 Å². The number of benzene rings is 1. The van der Waals surface area contributed by atoms with Gasteiger partial charge in [0, 0.05) is 11.2 Å². The van der Waals surface area contributed by atoms with Crippen molar-refractivity contribution in [2.75, 3.05) is 0 Å². The fourth-order valence-electron chi connectivity index (χ4n) is 1.22. The second kappa shape index (κ2) is 5.50. The molecule has 0 radical (unpaired) electrons. The highest BCUT2D eigenvalue weighted by Gasteiger charge is 2.02. The van der Waals surface area contributed by atoms with Crippen molar-refractivity contribution in [3.8, 4) is 5.75 Å². The van der Waals surface area contributed by atoms with E-state index >= 15 is 0 Å². The third-order valence-electron chi connectivity index (χ3n) is 1.99. The summed E-state index contributed by atoms with van der Waals surface area (Å²) in [6.45, 7) is 0.456. The standard InChI is InChI=1S/C12H9ClINO/c13-9-4-5-11(14)12(7-9)16-8-10-3-1-2-6-15-10/h1-7H,8H2. The number of ether oxygens (including phenoxy) is 1. The van der Waals surface area contributed by atoms with E-state index in [-0.39, 0.29) is 0 Å². The molecule has 2 aromatic rings. The van der Waals surface area contributed by atoms with E-state index in [2.05, 4.69) is 27.6 Å². The predicted molar refractivity (Wildman–Crippen MR) is 72.7 cm³/mol. The molecule has 0 unspecified atom stereocenters. The molecule has 0 fully saturated rings. The molecule has 2 rings (SSSR count). The first-order chi connectivity index (χ1) is 7.75. The highest BCUT2D eigenvalue weighted by atomic mass is 127. The summed E-state index contributed by atoms with van der Waals surface area (Å²) in [7, 11) is 0. The van der Waals surface area contributed by atoms with Crippen molar-refractivity contribution in [3.05, 3.63) is 56.9 Å². The predicted octanol–water partition coefficient (Wildman–Crippen LogP) is 3.92. The summed E-state index contributed by atoms with van der Waals surface area (Å²) in [4.78, 5) is 4.19. The van der Waals surface area contributed by atoms with E-state index in [0.29, 0.717) is 11.6 Å². The number of aromatic nitrogens is 1. The van der Waals surface area contributed by atoms with Crippen molar-refractivity contribution < 1.29 is 4.74 Å². The first-order valence-corrected chi connectivity index (χ1v) is 6.19. The van der Waals surface area contributed by atoms with Crippen LogP contribution in [-0.4, -0.2) is 4.98 Å². The molecule has 2 nitrogen and oxygen atoms in total. The second-order valence-electron chi connectivity index (χ2n) is 3.18. The smallest absolute Gasteiger partial charge is 0.134 e. The molecular weight excluding hydrogens is 336 g/mol. The van der Waals surface area contributed by atoms with Crippen LogP contribution < -0.4 is 4.74 Å². The molecular formula is C12H9ClINO. The Morgan fingerprint density at radius 3 is 2.88 bits per heavy atom. The highest BCUT2D eigenvalue weighted by Crippen LogP contribution is 2.25. The maximum atomic E-state index is 5.90. The van der Waals surface area contributed by atoms with Crippen molar-refractivity contribution in [2.45, 2.75) is 6.61 Å². The van der Waals surface area contributed by atoms with Gasteiger partial charge in [0.05, 0.1) is 9.26 Å². The highest BCUT2D eigenvalue weighted by molar-refractivity contribution is 14.1. The topological polar surface area (TPSA) is 22.1 Å². The Morgan fingerprint density at radius 1 is 1.25 bits per heavy atom. The lowest BCUT2D eigenvalue weighted by molar-refractivity contribution is 0.299. The minimum absolute atomic E-state index is 0.456. The van der Waals surface area contributed by atoms with Gasteiger partial charge in [0.2, 0.25) is 0 Å². The Morgan fingerprint density at radius 2 is 2.12 bits per heavy atom. The number of halogens is 2. The number of hydrogen-bond acceptors (Lipinski definition) is 2. The monoisotopic (exact) mass is 345 g/mol. The lowest BCUT2D eigenvalue weighted by Crippen LogP contribution is -1.98. The van der Waals surface area contributed by atoms with Crippen LogP contribution in [0, 0.1) is 3.57 Å². The zero-order chi connectivity index (χ0) is 11.4. The number of pyridine rings is 1. The van der Waals surface area contributed by atoms with Crippen LogP contribution in [-0.2, 0) is 6.61 Å². The summed E-state index contributed by atoms with van der Waals surface area (Å²) >= 11 is 8.12. The van der Waals surface area contributed by atoms with Gasteiger partial charge in [-0.2, -0.15) is 0 Å². The van der Waals surface area contributed by atoms with Gasteiger partial charge in [-0.3, -0.25) is 4.98 Å². The normalized spacial score (nSPS) is 10.1. The van der Waals surface area contributed by atoms with Crippen LogP contribution in [0.3, 0.4) is 0 Å². The van der Waals surface area contributed by atoms with Gasteiger partial charge in [-0.1, -0.05) is 17.7 Å². The number of hydrogen-bond donors (Lipinski definition) is 0. The van der Waals surface area contributed by atoms with Crippen LogP contribution >= 0.6 is 34.2 Å². The lowest BCUT2D eigenvalue weighted by atomic mass is 10.3. The van der Waals surface area contributed by atoms with Gasteiger partial charge in [-0.25, -0.2) is 0 Å². The van der Waals surface area contributed by atoms with Gasteiger partial charge in [-0.05, 0) is 52.9 Å². The Hall–Kier alpha value is -0.810. The number of nitrogens with zero attached hydrogens (tertiary/aromatic N) is 1. The maximum Gasteiger partial charge on any atom is 0.134 e. The van der Waals surface area contributed by atoms with E-state index in [9.17, 15) is 0 Å². The van der Waals surface area contributed by atoms with Gasteiger partial charge >= 0.3 is 0 Å². The Labute approximate surface area is 113 Å². The third kappa shape index (κ3) is 3.09. The molecule has 1 aromatic carbocycles. The van der Waals surface area contributed by atoms with Crippen molar-refractivity contribution in [1.29, 1.82) is 0 Å². The molecule has 4 heteroatoms. The van der Waals surface area contributed by atoms with Crippen molar-refractivity contribution in [3.63, 3.8) is 0 Å². The largest absolute Gasteiger partial charge is 0.486 e. The van der Waals surface area contributed by atoms with Crippen LogP contribution in [0.5, 0.6) is 5.75 Å². The first-order valence-electron chi connectivity index (χ1n) is 4.73. The van der Waals surface area contributed by atoms with Gasteiger partial charge < -0.3 is 4.74 Å². The molecule has 0 amide bonds. The van der Waals surface area contributed by atoms with E-state index in [0.717, 1.165) is 15.0 Å². The average molecular weight is 346 g/mol. The fourth-order valence-corrected chi connectivity index (χ4v) is 1.88. The Bertz CT molecular complexity index is 476. The first kappa shape index (κ1) is 11.7. The average Bonchev–Trinajstić information content (AvgIpc) is 2.32. The molecule has 0 saturated carbocycles. The molecule has 1 heterocycles. The van der Waals surface area contributed by atoms with E-state index in [1.807, 2.05) is 36.4 Å². The van der Waals surface area contributed by atoms with Crippen molar-refractivity contribution >= 4 is 34.2 Å². The minimum Gasteiger partial charge on any atom is -0.486 e. The zero-order valence-corrected chi connectivity index (χ0v) is 11.3. The maximum absolute atomic E-state index is 5.90. The minimum atomic E-state index is 0.456. The van der Waals surface area contributed by atoms with Gasteiger partial charge in [0.15, 0.2) is 0 Å². The molecule has 0 bridgehead atoms. The molecule has 16 heavy (non-hydrogen) atoms. The van der Waals surface area contributed by atoms with Gasteiger partial charge in [0.25, 0.3) is 0 Å². The van der Waals surface area contributed by atoms with Crippen molar-refractivity contribution in [1.82, 2.24) is 4.98 Å². The quantitative estimate of drug-likeness (QED) is 0.787. The van der Waals surface area contributed by atoms with Crippen LogP contribution in [0.25, 0.3) is 0 Å². The van der Waals surface area contributed by atoms with Crippen LogP contribution in [0.2, 0.25) is 5.02 Å². The third-order valence-corrected chi connectivity index (χ3v) is 3.12. The van der Waals surface area contributed by atoms with Crippen LogP contribution in [0.4, 0.5) is 0 Å². The zero-order valence-electron chi connectivity index (χ0n) is 8.36. The Kier molecular flexibility index (Phi) is 4.01. The van der Waals surface area contributed by atoms with E-state index in [1.54, 1.807) is 6.20 Å². The molecule has 0 N–H and O–H groups in total. The van der Waals surface area contributed by atoms with Crippen LogP contribution in [0.15, 0.2) is 42.6 Å². The summed E-state index contributed by atoms with van der Waals surface area (Å²) in [5.41, 5.74) is 0.901. The molecule has 0 aliphatic rings. The van der Waals surface area contributed by atoms with Crippen LogP contribution in [0.1, 0.15) is 5.69 Å². The Balaban J connectivity index is 2.08. The summed E-state index contributed by atoms with van der Waals surface area (Å²) in [6, 6.07) is 11.3. The molecule has 0 saturated heterocycles. The molecule has 0 atom stereocenters. The summed E-state index contributed by atoms with van der Waals surface area (Å²) in [6.07, 6.45) is 1.75. The van der Waals surface area contributed by atoms with Gasteiger partial charge in [0.1, 0.15) is 12.4 Å². The van der Waals surface area contributed by atoms with E-state index < -0.39 is 0 Å². The van der Waals surface area contributed by atoms with E-state index in [1.165, 1.54) is 0 Å². The second-order valence-corrected chi connectivity index (χ2v) is 4.78. The molecule has 1 aromatic heterocycles. The molecule has 0 aliphatic heterocycles. The molecule has 82 valence electrons. The summed E-state index contributed by atoms with van der Waals surface area (Å²) in [5, 5.41) is 0.677. The lowest BCUT2D eigenvalue weighted by Gasteiger charge is -2.07. The fraction of sp³-hybridized carbons (Fsp3) is 0.0833. The summed E-state index contributed by atoms with van der Waals surface area (Å²) < 4.78 is 6.69. The SMILES string of the molecule is Clc1ccc(I)c(OCc2ccccn2)c1.